The van der Waals surface area contributed by atoms with E-state index in [1.54, 1.807) is 13.0 Å². The number of nitrogens with zero attached hydrogens (tertiary/aromatic N) is 1. The summed E-state index contributed by atoms with van der Waals surface area (Å²) in [5.41, 5.74) is 0.232. The summed E-state index contributed by atoms with van der Waals surface area (Å²) in [4.78, 5) is 21.5. The highest BCUT2D eigenvalue weighted by atomic mass is 79.9. The Balaban J connectivity index is 3.52. The lowest BCUT2D eigenvalue weighted by atomic mass is 10.1. The zero-order valence-corrected chi connectivity index (χ0v) is 9.70. The molecule has 0 fully saturated rings. The lowest BCUT2D eigenvalue weighted by molar-refractivity contribution is -0.386. The van der Waals surface area contributed by atoms with Crippen molar-refractivity contribution in [2.75, 3.05) is 7.11 Å². The topological polar surface area (TPSA) is 69.4 Å². The molecule has 0 aliphatic carbocycles. The first kappa shape index (κ1) is 11.6. The van der Waals surface area contributed by atoms with Crippen LogP contribution < -0.4 is 0 Å². The molecule has 0 N–H and O–H groups in total. The van der Waals surface area contributed by atoms with E-state index in [1.165, 1.54) is 13.2 Å². The Morgan fingerprint density at radius 2 is 2.13 bits per heavy atom. The van der Waals surface area contributed by atoms with Crippen LogP contribution in [0.3, 0.4) is 0 Å². The molecule has 1 aromatic carbocycles. The number of rotatable bonds is 2. The van der Waals surface area contributed by atoms with E-state index in [0.29, 0.717) is 5.56 Å². The van der Waals surface area contributed by atoms with Crippen molar-refractivity contribution in [3.05, 3.63) is 37.8 Å². The molecule has 15 heavy (non-hydrogen) atoms. The molecule has 0 bridgehead atoms. The highest BCUT2D eigenvalue weighted by Crippen LogP contribution is 2.31. The average Bonchev–Trinajstić information content (AvgIpc) is 2.19. The molecule has 0 radical (unpaired) electrons. The monoisotopic (exact) mass is 273 g/mol. The minimum Gasteiger partial charge on any atom is -0.465 e. The number of nitro groups is 1. The van der Waals surface area contributed by atoms with Gasteiger partial charge in [-0.05, 0) is 34.5 Å². The molecule has 0 aromatic heterocycles. The van der Waals surface area contributed by atoms with E-state index in [1.807, 2.05) is 0 Å². The van der Waals surface area contributed by atoms with Crippen LogP contribution in [0.4, 0.5) is 5.69 Å². The molecule has 0 aliphatic rings. The minimum absolute atomic E-state index is 0.0168. The third kappa shape index (κ3) is 2.15. The average molecular weight is 274 g/mol. The Morgan fingerprint density at radius 1 is 1.53 bits per heavy atom. The molecule has 80 valence electrons. The molecule has 6 heteroatoms. The number of benzene rings is 1. The van der Waals surface area contributed by atoms with Crippen molar-refractivity contribution in [2.45, 2.75) is 6.92 Å². The van der Waals surface area contributed by atoms with Gasteiger partial charge < -0.3 is 4.74 Å². The van der Waals surface area contributed by atoms with E-state index >= 15 is 0 Å². The maximum atomic E-state index is 11.4. The number of hydrogen-bond donors (Lipinski definition) is 0. The Labute approximate surface area is 94.3 Å². The van der Waals surface area contributed by atoms with Crippen molar-refractivity contribution in [1.29, 1.82) is 0 Å². The summed E-state index contributed by atoms with van der Waals surface area (Å²) in [5.74, 6) is -0.708. The number of carbonyl (C=O) groups is 1. The number of aryl methyl sites for hydroxylation is 1. The molecular weight excluding hydrogens is 266 g/mol. The molecule has 0 aliphatic heterocycles. The molecule has 0 saturated heterocycles. The van der Waals surface area contributed by atoms with Gasteiger partial charge in [0.2, 0.25) is 0 Å². The second-order valence-electron chi connectivity index (χ2n) is 2.84. The van der Waals surface area contributed by atoms with E-state index in [9.17, 15) is 14.9 Å². The van der Waals surface area contributed by atoms with E-state index in [4.69, 9.17) is 0 Å². The van der Waals surface area contributed by atoms with Gasteiger partial charge in [-0.25, -0.2) is 4.79 Å². The fourth-order valence-corrected chi connectivity index (χ4v) is 1.68. The number of esters is 1. The Hall–Kier alpha value is -1.43. The number of hydrogen-bond acceptors (Lipinski definition) is 4. The number of halogens is 1. The minimum atomic E-state index is -0.708. The molecule has 0 saturated carbocycles. The van der Waals surface area contributed by atoms with Gasteiger partial charge in [0.1, 0.15) is 5.56 Å². The van der Waals surface area contributed by atoms with Crippen molar-refractivity contribution in [2.24, 2.45) is 0 Å². The smallest absolute Gasteiger partial charge is 0.345 e. The molecule has 0 atom stereocenters. The SMILES string of the molecule is COC(=O)c1c(C)ccc(Br)c1[N+](=O)[O-]. The third-order valence-electron chi connectivity index (χ3n) is 1.91. The van der Waals surface area contributed by atoms with Gasteiger partial charge in [-0.3, -0.25) is 10.1 Å². The van der Waals surface area contributed by atoms with Gasteiger partial charge in [-0.15, -0.1) is 0 Å². The molecule has 0 amide bonds. The summed E-state index contributed by atoms with van der Waals surface area (Å²) in [6.45, 7) is 1.62. The van der Waals surface area contributed by atoms with Crippen molar-refractivity contribution < 1.29 is 14.5 Å². The summed E-state index contributed by atoms with van der Waals surface area (Å²) in [6, 6.07) is 3.14. The third-order valence-corrected chi connectivity index (χ3v) is 2.55. The van der Waals surface area contributed by atoms with Gasteiger partial charge in [-0.1, -0.05) is 6.07 Å². The first-order valence-corrected chi connectivity index (χ1v) is 4.80. The molecule has 0 spiro atoms. The predicted molar refractivity (Wildman–Crippen MR) is 56.9 cm³/mol. The second-order valence-corrected chi connectivity index (χ2v) is 3.69. The van der Waals surface area contributed by atoms with Crippen LogP contribution in [0.2, 0.25) is 0 Å². The van der Waals surface area contributed by atoms with Crippen LogP contribution in [0.5, 0.6) is 0 Å². The van der Waals surface area contributed by atoms with Gasteiger partial charge in [0, 0.05) is 0 Å². The first-order valence-electron chi connectivity index (χ1n) is 4.00. The number of nitro benzene ring substituents is 1. The number of ether oxygens (including phenoxy) is 1. The van der Waals surface area contributed by atoms with Crippen molar-refractivity contribution in [1.82, 2.24) is 0 Å². The van der Waals surface area contributed by atoms with Crippen LogP contribution in [0.25, 0.3) is 0 Å². The van der Waals surface area contributed by atoms with E-state index in [0.717, 1.165) is 0 Å². The predicted octanol–water partition coefficient (Wildman–Crippen LogP) is 2.45. The summed E-state index contributed by atoms with van der Waals surface area (Å²) < 4.78 is 4.76. The Bertz CT molecular complexity index is 430. The van der Waals surface area contributed by atoms with Gasteiger partial charge in [-0.2, -0.15) is 0 Å². The normalized spacial score (nSPS) is 9.80. The summed E-state index contributed by atoms with van der Waals surface area (Å²) in [5, 5.41) is 10.8. The van der Waals surface area contributed by atoms with E-state index in [-0.39, 0.29) is 15.7 Å². The Morgan fingerprint density at radius 3 is 2.60 bits per heavy atom. The lowest BCUT2D eigenvalue weighted by Crippen LogP contribution is -2.08. The quantitative estimate of drug-likeness (QED) is 0.472. The van der Waals surface area contributed by atoms with Crippen molar-refractivity contribution >= 4 is 27.6 Å². The van der Waals surface area contributed by atoms with E-state index < -0.39 is 10.9 Å². The summed E-state index contributed by atoms with van der Waals surface area (Å²) >= 11 is 3.03. The zero-order valence-electron chi connectivity index (χ0n) is 8.11. The fourth-order valence-electron chi connectivity index (χ4n) is 1.20. The molecule has 1 aromatic rings. The van der Waals surface area contributed by atoms with Crippen LogP contribution in [-0.4, -0.2) is 18.0 Å². The maximum Gasteiger partial charge on any atom is 0.345 e. The van der Waals surface area contributed by atoms with Gasteiger partial charge in [0.25, 0.3) is 5.69 Å². The van der Waals surface area contributed by atoms with Gasteiger partial charge in [0.15, 0.2) is 0 Å². The number of methoxy groups -OCH3 is 1. The second kappa shape index (κ2) is 4.39. The molecule has 1 rings (SSSR count). The zero-order chi connectivity index (χ0) is 11.6. The van der Waals surface area contributed by atoms with Gasteiger partial charge >= 0.3 is 5.97 Å². The van der Waals surface area contributed by atoms with Crippen molar-refractivity contribution in [3.63, 3.8) is 0 Å². The fraction of sp³-hybridized carbons (Fsp3) is 0.222. The summed E-state index contributed by atoms with van der Waals surface area (Å²) in [7, 11) is 1.19. The van der Waals surface area contributed by atoms with Crippen LogP contribution >= 0.6 is 15.9 Å². The van der Waals surface area contributed by atoms with Gasteiger partial charge in [0.05, 0.1) is 16.5 Å². The number of carbonyl (C=O) groups excluding carboxylic acids is 1. The van der Waals surface area contributed by atoms with Crippen LogP contribution in [0.1, 0.15) is 15.9 Å². The molecular formula is C9H8BrNO4. The first-order chi connectivity index (χ1) is 6.99. The van der Waals surface area contributed by atoms with Crippen molar-refractivity contribution in [3.8, 4) is 0 Å². The maximum absolute atomic E-state index is 11.4. The molecule has 5 nitrogen and oxygen atoms in total. The Kier molecular flexibility index (Phi) is 3.41. The summed E-state index contributed by atoms with van der Waals surface area (Å²) in [6.07, 6.45) is 0. The van der Waals surface area contributed by atoms with Crippen LogP contribution in [-0.2, 0) is 4.74 Å². The molecule has 0 unspecified atom stereocenters. The highest BCUT2D eigenvalue weighted by molar-refractivity contribution is 9.10. The standard InChI is InChI=1S/C9H8BrNO4/c1-5-3-4-6(10)8(11(13)14)7(5)9(12)15-2/h3-4H,1-2H3. The highest BCUT2D eigenvalue weighted by Gasteiger charge is 2.26. The molecule has 0 heterocycles. The van der Waals surface area contributed by atoms with Crippen LogP contribution in [0, 0.1) is 17.0 Å². The van der Waals surface area contributed by atoms with E-state index in [2.05, 4.69) is 20.7 Å². The van der Waals surface area contributed by atoms with Crippen LogP contribution in [0.15, 0.2) is 16.6 Å². The lowest BCUT2D eigenvalue weighted by Gasteiger charge is -2.05. The largest absolute Gasteiger partial charge is 0.465 e.